The zero-order valence-corrected chi connectivity index (χ0v) is 12.9. The summed E-state index contributed by atoms with van der Waals surface area (Å²) < 4.78 is 11.4. The van der Waals surface area contributed by atoms with Crippen LogP contribution in [0, 0.1) is 0 Å². The van der Waals surface area contributed by atoms with Gasteiger partial charge in [-0.3, -0.25) is 0 Å². The van der Waals surface area contributed by atoms with Crippen molar-refractivity contribution in [3.05, 3.63) is 29.3 Å². The Balaban J connectivity index is 2.78. The van der Waals surface area contributed by atoms with Gasteiger partial charge in [-0.25, -0.2) is 0 Å². The topological polar surface area (TPSA) is 30.5 Å². The summed E-state index contributed by atoms with van der Waals surface area (Å²) >= 11 is 0. The SMILES string of the molecule is CCNCc1ccc(OC)c(COC(C)(C)CC)c1. The summed E-state index contributed by atoms with van der Waals surface area (Å²) in [6, 6.07) is 6.27. The third kappa shape index (κ3) is 5.21. The van der Waals surface area contributed by atoms with E-state index in [0.717, 1.165) is 30.8 Å². The van der Waals surface area contributed by atoms with E-state index in [2.05, 4.69) is 45.1 Å². The fourth-order valence-corrected chi connectivity index (χ4v) is 1.70. The zero-order chi connectivity index (χ0) is 14.3. The molecule has 1 aromatic carbocycles. The second kappa shape index (κ2) is 7.51. The number of benzene rings is 1. The molecule has 0 radical (unpaired) electrons. The molecule has 0 amide bonds. The van der Waals surface area contributed by atoms with Crippen LogP contribution in [0.15, 0.2) is 18.2 Å². The van der Waals surface area contributed by atoms with Crippen LogP contribution in [0.1, 0.15) is 45.2 Å². The van der Waals surface area contributed by atoms with Crippen LogP contribution in [-0.2, 0) is 17.9 Å². The fraction of sp³-hybridized carbons (Fsp3) is 0.625. The molecule has 0 bridgehead atoms. The highest BCUT2D eigenvalue weighted by Gasteiger charge is 2.16. The average molecular weight is 265 g/mol. The molecule has 0 aromatic heterocycles. The number of hydrogen-bond donors (Lipinski definition) is 1. The monoisotopic (exact) mass is 265 g/mol. The summed E-state index contributed by atoms with van der Waals surface area (Å²) in [5.41, 5.74) is 2.28. The van der Waals surface area contributed by atoms with E-state index in [1.165, 1.54) is 5.56 Å². The first-order valence-electron chi connectivity index (χ1n) is 7.03. The Labute approximate surface area is 117 Å². The van der Waals surface area contributed by atoms with Crippen LogP contribution in [-0.4, -0.2) is 19.3 Å². The Morgan fingerprint density at radius 2 is 1.95 bits per heavy atom. The third-order valence-electron chi connectivity index (χ3n) is 3.39. The molecule has 1 rings (SSSR count). The van der Waals surface area contributed by atoms with Crippen molar-refractivity contribution in [2.24, 2.45) is 0 Å². The number of hydrogen-bond acceptors (Lipinski definition) is 3. The second-order valence-electron chi connectivity index (χ2n) is 5.33. The Morgan fingerprint density at radius 3 is 2.53 bits per heavy atom. The molecule has 0 aliphatic heterocycles. The summed E-state index contributed by atoms with van der Waals surface area (Å²) in [6.07, 6.45) is 0.992. The Kier molecular flexibility index (Phi) is 6.32. The van der Waals surface area contributed by atoms with E-state index in [0.29, 0.717) is 6.61 Å². The average Bonchev–Trinajstić information content (AvgIpc) is 2.43. The van der Waals surface area contributed by atoms with E-state index in [1.54, 1.807) is 7.11 Å². The minimum atomic E-state index is -0.0946. The summed E-state index contributed by atoms with van der Waals surface area (Å²) in [6.45, 7) is 10.9. The smallest absolute Gasteiger partial charge is 0.124 e. The molecular formula is C16H27NO2. The van der Waals surface area contributed by atoms with Gasteiger partial charge in [0.1, 0.15) is 5.75 Å². The van der Waals surface area contributed by atoms with Crippen LogP contribution in [0.25, 0.3) is 0 Å². The van der Waals surface area contributed by atoms with Gasteiger partial charge in [-0.05, 0) is 44.5 Å². The van der Waals surface area contributed by atoms with Crippen molar-refractivity contribution in [3.63, 3.8) is 0 Å². The lowest BCUT2D eigenvalue weighted by Gasteiger charge is -2.24. The molecule has 0 spiro atoms. The van der Waals surface area contributed by atoms with Crippen molar-refractivity contribution in [3.8, 4) is 5.75 Å². The van der Waals surface area contributed by atoms with E-state index in [4.69, 9.17) is 9.47 Å². The Bertz CT molecular complexity index is 388. The standard InChI is InChI=1S/C16H27NO2/c1-6-16(3,4)19-12-14-10-13(11-17-7-2)8-9-15(14)18-5/h8-10,17H,6-7,11-12H2,1-5H3. The highest BCUT2D eigenvalue weighted by molar-refractivity contribution is 5.37. The van der Waals surface area contributed by atoms with Gasteiger partial charge in [0.2, 0.25) is 0 Å². The first kappa shape index (κ1) is 16.0. The zero-order valence-electron chi connectivity index (χ0n) is 12.9. The van der Waals surface area contributed by atoms with Gasteiger partial charge in [-0.15, -0.1) is 0 Å². The Hall–Kier alpha value is -1.06. The molecule has 0 saturated carbocycles. The van der Waals surface area contributed by atoms with Crippen molar-refractivity contribution in [1.29, 1.82) is 0 Å². The molecule has 0 aliphatic carbocycles. The van der Waals surface area contributed by atoms with Gasteiger partial charge in [-0.1, -0.05) is 19.9 Å². The van der Waals surface area contributed by atoms with Crippen LogP contribution in [0.4, 0.5) is 0 Å². The number of methoxy groups -OCH3 is 1. The van der Waals surface area contributed by atoms with E-state index < -0.39 is 0 Å². The molecule has 0 aliphatic rings. The van der Waals surface area contributed by atoms with Crippen LogP contribution < -0.4 is 10.1 Å². The molecule has 3 nitrogen and oxygen atoms in total. The highest BCUT2D eigenvalue weighted by atomic mass is 16.5. The van der Waals surface area contributed by atoms with E-state index in [9.17, 15) is 0 Å². The van der Waals surface area contributed by atoms with E-state index >= 15 is 0 Å². The third-order valence-corrected chi connectivity index (χ3v) is 3.39. The first-order valence-corrected chi connectivity index (χ1v) is 7.03. The predicted molar refractivity (Wildman–Crippen MR) is 79.5 cm³/mol. The summed E-state index contributed by atoms with van der Waals surface area (Å²) in [5.74, 6) is 0.896. The molecule has 0 heterocycles. The van der Waals surface area contributed by atoms with Crippen molar-refractivity contribution in [2.75, 3.05) is 13.7 Å². The first-order chi connectivity index (χ1) is 9.02. The second-order valence-corrected chi connectivity index (χ2v) is 5.33. The van der Waals surface area contributed by atoms with Gasteiger partial charge >= 0.3 is 0 Å². The normalized spacial score (nSPS) is 11.6. The maximum atomic E-state index is 5.97. The molecule has 0 unspecified atom stereocenters. The van der Waals surface area contributed by atoms with E-state index in [1.807, 2.05) is 6.07 Å². The van der Waals surface area contributed by atoms with Crippen molar-refractivity contribution in [1.82, 2.24) is 5.32 Å². The van der Waals surface area contributed by atoms with Gasteiger partial charge in [0, 0.05) is 12.1 Å². The van der Waals surface area contributed by atoms with Gasteiger partial charge in [-0.2, -0.15) is 0 Å². The van der Waals surface area contributed by atoms with Gasteiger partial charge in [0.15, 0.2) is 0 Å². The summed E-state index contributed by atoms with van der Waals surface area (Å²) in [7, 11) is 1.70. The summed E-state index contributed by atoms with van der Waals surface area (Å²) in [5, 5.41) is 3.33. The van der Waals surface area contributed by atoms with Gasteiger partial charge in [0.05, 0.1) is 19.3 Å². The largest absolute Gasteiger partial charge is 0.496 e. The van der Waals surface area contributed by atoms with Crippen LogP contribution in [0.3, 0.4) is 0 Å². The Morgan fingerprint density at radius 1 is 1.21 bits per heavy atom. The number of ether oxygens (including phenoxy) is 2. The maximum Gasteiger partial charge on any atom is 0.124 e. The molecule has 3 heteroatoms. The minimum absolute atomic E-state index is 0.0946. The van der Waals surface area contributed by atoms with Crippen molar-refractivity contribution >= 4 is 0 Å². The molecular weight excluding hydrogens is 238 g/mol. The summed E-state index contributed by atoms with van der Waals surface area (Å²) in [4.78, 5) is 0. The maximum absolute atomic E-state index is 5.97. The van der Waals surface area contributed by atoms with Crippen LogP contribution >= 0.6 is 0 Å². The molecule has 1 aromatic rings. The lowest BCUT2D eigenvalue weighted by molar-refractivity contribution is -0.0322. The quantitative estimate of drug-likeness (QED) is 0.780. The molecule has 1 N–H and O–H groups in total. The van der Waals surface area contributed by atoms with Gasteiger partial charge < -0.3 is 14.8 Å². The molecule has 0 fully saturated rings. The minimum Gasteiger partial charge on any atom is -0.496 e. The molecule has 0 atom stereocenters. The number of nitrogens with one attached hydrogen (secondary N) is 1. The highest BCUT2D eigenvalue weighted by Crippen LogP contribution is 2.24. The molecule has 19 heavy (non-hydrogen) atoms. The van der Waals surface area contributed by atoms with E-state index in [-0.39, 0.29) is 5.60 Å². The lowest BCUT2D eigenvalue weighted by Crippen LogP contribution is -2.23. The van der Waals surface area contributed by atoms with Crippen molar-refractivity contribution < 1.29 is 9.47 Å². The lowest BCUT2D eigenvalue weighted by atomic mass is 10.1. The van der Waals surface area contributed by atoms with Crippen LogP contribution in [0.5, 0.6) is 5.75 Å². The molecule has 108 valence electrons. The van der Waals surface area contributed by atoms with Gasteiger partial charge in [0.25, 0.3) is 0 Å². The number of rotatable bonds is 8. The fourth-order valence-electron chi connectivity index (χ4n) is 1.70. The van der Waals surface area contributed by atoms with Crippen LogP contribution in [0.2, 0.25) is 0 Å². The molecule has 0 saturated heterocycles. The van der Waals surface area contributed by atoms with Crippen molar-refractivity contribution in [2.45, 2.75) is 52.9 Å². The predicted octanol–water partition coefficient (Wildman–Crippen LogP) is 3.51.